The number of hydrogen-bond donors (Lipinski definition) is 2. The van der Waals surface area contributed by atoms with Gasteiger partial charge in [0.05, 0.1) is 11.5 Å². The monoisotopic (exact) mass is 281 g/mol. The van der Waals surface area contributed by atoms with Crippen molar-refractivity contribution in [2.45, 2.75) is 38.3 Å². The van der Waals surface area contributed by atoms with Gasteiger partial charge in [0.2, 0.25) is 5.91 Å². The first kappa shape index (κ1) is 13.7. The average molecular weight is 281 g/mol. The number of nitrogens with one attached hydrogen (secondary N) is 2. The van der Waals surface area contributed by atoms with Gasteiger partial charge in [-0.25, -0.2) is 4.79 Å². The van der Waals surface area contributed by atoms with Crippen LogP contribution in [0.3, 0.4) is 0 Å². The van der Waals surface area contributed by atoms with Gasteiger partial charge in [-0.05, 0) is 39.7 Å². The Kier molecular flexibility index (Phi) is 2.97. The predicted octanol–water partition coefficient (Wildman–Crippen LogP) is 0.331. The van der Waals surface area contributed by atoms with Crippen LogP contribution in [0.2, 0.25) is 0 Å². The summed E-state index contributed by atoms with van der Waals surface area (Å²) in [7, 11) is 0. The van der Waals surface area contributed by atoms with Crippen LogP contribution in [0.4, 0.5) is 4.79 Å². The largest absolute Gasteiger partial charge is 0.444 e. The minimum atomic E-state index is -0.507. The zero-order chi connectivity index (χ0) is 14.5. The van der Waals surface area contributed by atoms with Crippen molar-refractivity contribution in [1.82, 2.24) is 15.5 Å². The van der Waals surface area contributed by atoms with Crippen molar-refractivity contribution in [3.63, 3.8) is 0 Å². The number of nitrogens with zero attached hydrogens (tertiary/aromatic N) is 1. The first-order valence-electron chi connectivity index (χ1n) is 7.32. The van der Waals surface area contributed by atoms with Crippen molar-refractivity contribution in [1.29, 1.82) is 0 Å². The van der Waals surface area contributed by atoms with Gasteiger partial charge in [-0.2, -0.15) is 0 Å². The summed E-state index contributed by atoms with van der Waals surface area (Å²) in [6, 6.07) is 0. The van der Waals surface area contributed by atoms with E-state index in [4.69, 9.17) is 4.74 Å². The first-order chi connectivity index (χ1) is 9.32. The highest BCUT2D eigenvalue weighted by atomic mass is 16.6. The molecule has 3 fully saturated rings. The fourth-order valence-electron chi connectivity index (χ4n) is 3.76. The third-order valence-electron chi connectivity index (χ3n) is 4.64. The van der Waals surface area contributed by atoms with Crippen molar-refractivity contribution >= 4 is 12.0 Å². The van der Waals surface area contributed by atoms with E-state index in [1.165, 1.54) is 0 Å². The lowest BCUT2D eigenvalue weighted by atomic mass is 9.74. The number of likely N-dealkylation sites (tertiary alicyclic amines) is 1. The third-order valence-corrected chi connectivity index (χ3v) is 4.64. The molecule has 0 saturated carbocycles. The van der Waals surface area contributed by atoms with Crippen molar-refractivity contribution in [3.8, 4) is 0 Å². The van der Waals surface area contributed by atoms with Crippen molar-refractivity contribution in [2.24, 2.45) is 11.8 Å². The van der Waals surface area contributed by atoms with Crippen LogP contribution in [0.1, 0.15) is 27.2 Å². The zero-order valence-corrected chi connectivity index (χ0v) is 12.4. The minimum absolute atomic E-state index is 0.0571. The second kappa shape index (κ2) is 4.35. The molecule has 3 aliphatic heterocycles. The number of carbonyl (C=O) groups is 2. The van der Waals surface area contributed by atoms with Crippen LogP contribution in [-0.4, -0.2) is 54.2 Å². The van der Waals surface area contributed by atoms with E-state index in [0.717, 1.165) is 13.0 Å². The number of hydrogen-bond acceptors (Lipinski definition) is 4. The lowest BCUT2D eigenvalue weighted by Gasteiger charge is -2.39. The molecule has 0 bridgehead atoms. The molecule has 3 rings (SSSR count). The van der Waals surface area contributed by atoms with Gasteiger partial charge in [-0.1, -0.05) is 0 Å². The summed E-state index contributed by atoms with van der Waals surface area (Å²) in [6.07, 6.45) is 0.736. The summed E-state index contributed by atoms with van der Waals surface area (Å²) < 4.78 is 5.44. The number of amides is 2. The summed E-state index contributed by atoms with van der Waals surface area (Å²) in [4.78, 5) is 26.1. The number of rotatable bonds is 0. The quantitative estimate of drug-likeness (QED) is 0.671. The standard InChI is InChI=1S/C14H23N3O3/c1-13(2,3)20-12(19)17-7-10-11(18)15-6-9-4-5-16-14(9,10)8-17/h9-10,16H,4-8H2,1-3H3,(H,15,18). The van der Waals surface area contributed by atoms with E-state index in [2.05, 4.69) is 10.6 Å². The zero-order valence-electron chi connectivity index (χ0n) is 12.4. The molecule has 6 nitrogen and oxygen atoms in total. The molecule has 3 aliphatic rings. The maximum Gasteiger partial charge on any atom is 0.410 e. The number of piperidine rings is 1. The van der Waals surface area contributed by atoms with E-state index in [1.54, 1.807) is 4.90 Å². The molecular weight excluding hydrogens is 258 g/mol. The molecule has 1 spiro atoms. The van der Waals surface area contributed by atoms with Gasteiger partial charge in [0.15, 0.2) is 0 Å². The molecule has 3 heterocycles. The number of carbonyl (C=O) groups excluding carboxylic acids is 2. The summed E-state index contributed by atoms with van der Waals surface area (Å²) >= 11 is 0. The average Bonchev–Trinajstić information content (AvgIpc) is 2.90. The highest BCUT2D eigenvalue weighted by Gasteiger charge is 2.59. The maximum atomic E-state index is 12.2. The molecule has 0 aromatic heterocycles. The van der Waals surface area contributed by atoms with Gasteiger partial charge in [-0.3, -0.25) is 4.79 Å². The van der Waals surface area contributed by atoms with E-state index in [9.17, 15) is 9.59 Å². The first-order valence-corrected chi connectivity index (χ1v) is 7.32. The molecule has 0 aromatic rings. The molecule has 112 valence electrons. The van der Waals surface area contributed by atoms with Crippen LogP contribution in [0.5, 0.6) is 0 Å². The Bertz CT molecular complexity index is 445. The number of ether oxygens (including phenoxy) is 1. The van der Waals surface area contributed by atoms with E-state index >= 15 is 0 Å². The third kappa shape index (κ3) is 2.06. The normalized spacial score (nSPS) is 36.4. The molecule has 20 heavy (non-hydrogen) atoms. The van der Waals surface area contributed by atoms with Crippen molar-refractivity contribution < 1.29 is 14.3 Å². The van der Waals surface area contributed by atoms with E-state index < -0.39 is 5.60 Å². The van der Waals surface area contributed by atoms with Crippen LogP contribution in [0, 0.1) is 11.8 Å². The molecule has 2 amide bonds. The topological polar surface area (TPSA) is 70.7 Å². The molecule has 0 aliphatic carbocycles. The Morgan fingerprint density at radius 3 is 2.90 bits per heavy atom. The van der Waals surface area contributed by atoms with E-state index in [0.29, 0.717) is 25.6 Å². The van der Waals surface area contributed by atoms with Crippen molar-refractivity contribution in [3.05, 3.63) is 0 Å². The fourth-order valence-corrected chi connectivity index (χ4v) is 3.76. The summed E-state index contributed by atoms with van der Waals surface area (Å²) in [5, 5.41) is 6.47. The summed E-state index contributed by atoms with van der Waals surface area (Å²) in [5.74, 6) is 0.315. The highest BCUT2D eigenvalue weighted by molar-refractivity contribution is 5.83. The predicted molar refractivity (Wildman–Crippen MR) is 73.1 cm³/mol. The Morgan fingerprint density at radius 1 is 1.45 bits per heavy atom. The molecule has 0 radical (unpaired) electrons. The van der Waals surface area contributed by atoms with Crippen LogP contribution >= 0.6 is 0 Å². The van der Waals surface area contributed by atoms with Gasteiger partial charge >= 0.3 is 6.09 Å². The molecule has 6 heteroatoms. The molecular formula is C14H23N3O3. The fraction of sp³-hybridized carbons (Fsp3) is 0.857. The van der Waals surface area contributed by atoms with E-state index in [-0.39, 0.29) is 23.5 Å². The lowest BCUT2D eigenvalue weighted by molar-refractivity contribution is -0.129. The maximum absolute atomic E-state index is 12.2. The molecule has 3 unspecified atom stereocenters. The Labute approximate surface area is 119 Å². The van der Waals surface area contributed by atoms with Crippen LogP contribution in [0.15, 0.2) is 0 Å². The van der Waals surface area contributed by atoms with Gasteiger partial charge in [0.1, 0.15) is 5.60 Å². The second-order valence-electron chi connectivity index (χ2n) is 7.11. The minimum Gasteiger partial charge on any atom is -0.444 e. The van der Waals surface area contributed by atoms with Gasteiger partial charge in [-0.15, -0.1) is 0 Å². The summed E-state index contributed by atoms with van der Waals surface area (Å²) in [6.45, 7) is 8.22. The SMILES string of the molecule is CC(C)(C)OC(=O)N1CC2C(=O)NCC3CCNC32C1. The van der Waals surface area contributed by atoms with Crippen LogP contribution < -0.4 is 10.6 Å². The molecule has 3 saturated heterocycles. The molecule has 2 N–H and O–H groups in total. The Morgan fingerprint density at radius 2 is 2.20 bits per heavy atom. The summed E-state index contributed by atoms with van der Waals surface area (Å²) in [5.41, 5.74) is -0.744. The second-order valence-corrected chi connectivity index (χ2v) is 7.11. The van der Waals surface area contributed by atoms with E-state index in [1.807, 2.05) is 20.8 Å². The smallest absolute Gasteiger partial charge is 0.410 e. The van der Waals surface area contributed by atoms with Crippen LogP contribution in [0.25, 0.3) is 0 Å². The van der Waals surface area contributed by atoms with Crippen molar-refractivity contribution in [2.75, 3.05) is 26.2 Å². The van der Waals surface area contributed by atoms with Gasteiger partial charge < -0.3 is 20.3 Å². The highest BCUT2D eigenvalue weighted by Crippen LogP contribution is 2.42. The lowest BCUT2D eigenvalue weighted by Crippen LogP contribution is -2.62. The molecule has 3 atom stereocenters. The van der Waals surface area contributed by atoms with Crippen LogP contribution in [-0.2, 0) is 9.53 Å². The van der Waals surface area contributed by atoms with Gasteiger partial charge in [0, 0.05) is 19.6 Å². The Balaban J connectivity index is 1.79. The van der Waals surface area contributed by atoms with Gasteiger partial charge in [0.25, 0.3) is 0 Å². The molecule has 0 aromatic carbocycles. The Hall–Kier alpha value is -1.30.